The van der Waals surface area contributed by atoms with Crippen molar-refractivity contribution in [2.24, 2.45) is 10.8 Å². The highest BCUT2D eigenvalue weighted by Crippen LogP contribution is 2.26. The van der Waals surface area contributed by atoms with Gasteiger partial charge in [0.25, 0.3) is 0 Å². The van der Waals surface area contributed by atoms with Gasteiger partial charge in [-0.1, -0.05) is 11.6 Å². The summed E-state index contributed by atoms with van der Waals surface area (Å²) >= 11 is 5.56. The first kappa shape index (κ1) is 12.9. The van der Waals surface area contributed by atoms with E-state index in [4.69, 9.17) is 28.0 Å². The third-order valence-electron chi connectivity index (χ3n) is 1.65. The number of anilines is 1. The Kier molecular flexibility index (Phi) is 3.96. The van der Waals surface area contributed by atoms with Crippen LogP contribution in [0.4, 0.5) is 14.5 Å². The molecule has 0 saturated heterocycles. The number of rotatable bonds is 3. The summed E-state index contributed by atoms with van der Waals surface area (Å²) in [7, 11) is 0. The van der Waals surface area contributed by atoms with Crippen molar-refractivity contribution in [1.82, 2.24) is 0 Å². The Morgan fingerprint density at radius 2 is 2.18 bits per heavy atom. The van der Waals surface area contributed by atoms with Crippen molar-refractivity contribution in [2.75, 3.05) is 5.43 Å². The lowest BCUT2D eigenvalue weighted by atomic mass is 10.3. The van der Waals surface area contributed by atoms with Crippen molar-refractivity contribution < 1.29 is 8.78 Å². The predicted molar refractivity (Wildman–Crippen MR) is 60.0 cm³/mol. The first-order chi connectivity index (χ1) is 7.95. The number of nitriles is 1. The van der Waals surface area contributed by atoms with E-state index in [1.54, 1.807) is 0 Å². The van der Waals surface area contributed by atoms with Crippen LogP contribution in [0.5, 0.6) is 0 Å². The number of nitrogens with one attached hydrogen (secondary N) is 2. The predicted octanol–water partition coefficient (Wildman–Crippen LogP) is 1.85. The highest BCUT2D eigenvalue weighted by molar-refractivity contribution is 6.45. The monoisotopic (exact) mass is 257 g/mol. The molecule has 0 amide bonds. The second-order valence-electron chi connectivity index (χ2n) is 2.84. The molecule has 1 aromatic rings. The van der Waals surface area contributed by atoms with Crippen molar-refractivity contribution in [3.05, 3.63) is 28.8 Å². The summed E-state index contributed by atoms with van der Waals surface area (Å²) in [4.78, 5) is 0. The number of amidine groups is 1. The van der Waals surface area contributed by atoms with Crippen LogP contribution >= 0.6 is 11.6 Å². The van der Waals surface area contributed by atoms with Crippen molar-refractivity contribution >= 4 is 28.8 Å². The molecule has 0 aromatic heterocycles. The van der Waals surface area contributed by atoms with E-state index >= 15 is 0 Å². The minimum absolute atomic E-state index is 0.243. The fourth-order valence-corrected chi connectivity index (χ4v) is 1.14. The zero-order valence-corrected chi connectivity index (χ0v) is 9.02. The summed E-state index contributed by atoms with van der Waals surface area (Å²) in [5.41, 5.74) is 6.38. The van der Waals surface area contributed by atoms with E-state index < -0.39 is 23.2 Å². The molecule has 0 radical (unpaired) electrons. The van der Waals surface area contributed by atoms with Gasteiger partial charge in [0.1, 0.15) is 17.6 Å². The van der Waals surface area contributed by atoms with Crippen molar-refractivity contribution in [3.8, 4) is 6.07 Å². The van der Waals surface area contributed by atoms with Crippen LogP contribution in [0.3, 0.4) is 0 Å². The van der Waals surface area contributed by atoms with Gasteiger partial charge in [-0.15, -0.1) is 0 Å². The van der Waals surface area contributed by atoms with Crippen LogP contribution in [-0.4, -0.2) is 11.5 Å². The van der Waals surface area contributed by atoms with Gasteiger partial charge in [-0.05, 0) is 6.07 Å². The van der Waals surface area contributed by atoms with E-state index in [0.29, 0.717) is 6.07 Å². The van der Waals surface area contributed by atoms with Gasteiger partial charge < -0.3 is 5.73 Å². The van der Waals surface area contributed by atoms with Gasteiger partial charge >= 0.3 is 0 Å². The van der Waals surface area contributed by atoms with Gasteiger partial charge in [-0.2, -0.15) is 10.4 Å². The van der Waals surface area contributed by atoms with Gasteiger partial charge in [0.2, 0.25) is 5.71 Å². The lowest BCUT2D eigenvalue weighted by molar-refractivity contribution is 0.585. The molecule has 0 saturated carbocycles. The number of nitrogens with zero attached hydrogens (tertiary/aromatic N) is 2. The average Bonchev–Trinajstić information content (AvgIpc) is 2.21. The molecule has 0 unspecified atom stereocenters. The summed E-state index contributed by atoms with van der Waals surface area (Å²) in [6, 6.07) is 3.00. The fourth-order valence-electron chi connectivity index (χ4n) is 0.906. The molecule has 88 valence electrons. The number of halogens is 3. The maximum atomic E-state index is 13.2. The summed E-state index contributed by atoms with van der Waals surface area (Å²) in [6.45, 7) is 0. The molecule has 4 N–H and O–H groups in total. The second-order valence-corrected chi connectivity index (χ2v) is 3.25. The van der Waals surface area contributed by atoms with E-state index in [-0.39, 0.29) is 10.7 Å². The van der Waals surface area contributed by atoms with E-state index in [9.17, 15) is 8.78 Å². The Morgan fingerprint density at radius 1 is 1.53 bits per heavy atom. The van der Waals surface area contributed by atoms with Crippen LogP contribution in [0.25, 0.3) is 0 Å². The minimum Gasteiger partial charge on any atom is -0.382 e. The van der Waals surface area contributed by atoms with Crippen LogP contribution in [0.1, 0.15) is 0 Å². The smallest absolute Gasteiger partial charge is 0.201 e. The first-order valence-corrected chi connectivity index (χ1v) is 4.56. The summed E-state index contributed by atoms with van der Waals surface area (Å²) in [5, 5.41) is 18.6. The SMILES string of the molecule is N#C/C(=N\Nc1c(F)cc(F)cc1Cl)C(=N)N. The average molecular weight is 258 g/mol. The van der Waals surface area contributed by atoms with Crippen molar-refractivity contribution in [1.29, 1.82) is 10.7 Å². The van der Waals surface area contributed by atoms with E-state index in [2.05, 4.69) is 10.5 Å². The minimum atomic E-state index is -0.973. The molecule has 1 aromatic carbocycles. The molecule has 0 heterocycles. The van der Waals surface area contributed by atoms with Crippen molar-refractivity contribution in [3.63, 3.8) is 0 Å². The first-order valence-electron chi connectivity index (χ1n) is 4.18. The maximum Gasteiger partial charge on any atom is 0.201 e. The zero-order chi connectivity index (χ0) is 13.0. The summed E-state index contributed by atoms with van der Waals surface area (Å²) in [5.74, 6) is -2.40. The number of hydrogen-bond donors (Lipinski definition) is 3. The van der Waals surface area contributed by atoms with Gasteiger partial charge in [0, 0.05) is 6.07 Å². The van der Waals surface area contributed by atoms with E-state index in [0.717, 1.165) is 6.07 Å². The molecule has 17 heavy (non-hydrogen) atoms. The number of nitrogens with two attached hydrogens (primary N) is 1. The molecule has 0 aliphatic rings. The molecule has 0 spiro atoms. The Labute approximate surface area is 100.0 Å². The second kappa shape index (κ2) is 5.23. The van der Waals surface area contributed by atoms with Crippen LogP contribution < -0.4 is 11.2 Å². The standard InChI is InChI=1S/C9H6ClF2N5/c10-5-1-4(11)2-6(12)8(5)17-16-7(3-13)9(14)15/h1-2,17H,(H3,14,15)/b16-7+. The van der Waals surface area contributed by atoms with E-state index in [1.807, 2.05) is 0 Å². The lowest BCUT2D eigenvalue weighted by Crippen LogP contribution is -2.22. The fraction of sp³-hybridized carbons (Fsp3) is 0. The molecular weight excluding hydrogens is 252 g/mol. The molecule has 8 heteroatoms. The topological polar surface area (TPSA) is 98.0 Å². The molecule has 5 nitrogen and oxygen atoms in total. The molecular formula is C9H6ClF2N5. The largest absolute Gasteiger partial charge is 0.382 e. The lowest BCUT2D eigenvalue weighted by Gasteiger charge is -2.05. The third-order valence-corrected chi connectivity index (χ3v) is 1.95. The number of hydrazone groups is 1. The van der Waals surface area contributed by atoms with Gasteiger partial charge in [0.15, 0.2) is 11.7 Å². The molecule has 0 fully saturated rings. The molecule has 0 aliphatic carbocycles. The Morgan fingerprint density at radius 3 is 2.65 bits per heavy atom. The maximum absolute atomic E-state index is 13.2. The Balaban J connectivity index is 3.05. The number of hydrogen-bond acceptors (Lipinski definition) is 4. The third kappa shape index (κ3) is 3.12. The van der Waals surface area contributed by atoms with Gasteiger partial charge in [-0.25, -0.2) is 8.78 Å². The van der Waals surface area contributed by atoms with Crippen LogP contribution in [-0.2, 0) is 0 Å². The highest BCUT2D eigenvalue weighted by Gasteiger charge is 2.10. The summed E-state index contributed by atoms with van der Waals surface area (Å²) < 4.78 is 25.9. The summed E-state index contributed by atoms with van der Waals surface area (Å²) in [6.07, 6.45) is 0. The molecule has 0 bridgehead atoms. The van der Waals surface area contributed by atoms with Crippen molar-refractivity contribution in [2.45, 2.75) is 0 Å². The molecule has 1 rings (SSSR count). The van der Waals surface area contributed by atoms with Crippen LogP contribution in [0, 0.1) is 28.4 Å². The Bertz CT molecular complexity index is 512. The normalized spacial score (nSPS) is 10.8. The zero-order valence-electron chi connectivity index (χ0n) is 8.26. The van der Waals surface area contributed by atoms with E-state index in [1.165, 1.54) is 6.07 Å². The van der Waals surface area contributed by atoms with Gasteiger partial charge in [-0.3, -0.25) is 10.8 Å². The molecule has 0 aliphatic heterocycles. The van der Waals surface area contributed by atoms with Crippen LogP contribution in [0.2, 0.25) is 5.02 Å². The number of benzene rings is 1. The van der Waals surface area contributed by atoms with Gasteiger partial charge in [0.05, 0.1) is 5.02 Å². The Hall–Kier alpha value is -2.20. The molecule has 0 atom stereocenters. The quantitative estimate of drug-likeness (QED) is 0.438. The van der Waals surface area contributed by atoms with Crippen LogP contribution in [0.15, 0.2) is 17.2 Å². The highest BCUT2D eigenvalue weighted by atomic mass is 35.5.